The SMILES string of the molecule is FC(F)(F)C1(NC2=NCCN2)CC1. The summed E-state index contributed by atoms with van der Waals surface area (Å²) in [5, 5.41) is 5.18. The average molecular weight is 193 g/mol. The second-order valence-electron chi connectivity index (χ2n) is 3.36. The fraction of sp³-hybridized carbons (Fsp3) is 0.857. The minimum atomic E-state index is -4.17. The van der Waals surface area contributed by atoms with Crippen LogP contribution in [0, 0.1) is 0 Å². The standard InChI is InChI=1S/C7H10F3N3/c8-7(9,10)6(1-2-6)13-5-11-3-4-12-5/h1-4H2,(H2,11,12,13). The summed E-state index contributed by atoms with van der Waals surface area (Å²) >= 11 is 0. The molecule has 13 heavy (non-hydrogen) atoms. The van der Waals surface area contributed by atoms with E-state index in [0.717, 1.165) is 0 Å². The van der Waals surface area contributed by atoms with Crippen molar-refractivity contribution in [3.8, 4) is 0 Å². The smallest absolute Gasteiger partial charge is 0.355 e. The summed E-state index contributed by atoms with van der Waals surface area (Å²) in [4.78, 5) is 3.87. The van der Waals surface area contributed by atoms with Gasteiger partial charge in [0.25, 0.3) is 0 Å². The van der Waals surface area contributed by atoms with E-state index in [1.165, 1.54) is 0 Å². The molecule has 74 valence electrons. The highest BCUT2D eigenvalue weighted by molar-refractivity contribution is 5.82. The average Bonchev–Trinajstić information content (AvgIpc) is 2.59. The third-order valence-electron chi connectivity index (χ3n) is 2.32. The van der Waals surface area contributed by atoms with E-state index in [-0.39, 0.29) is 18.8 Å². The fourth-order valence-corrected chi connectivity index (χ4v) is 1.31. The van der Waals surface area contributed by atoms with Crippen LogP contribution in [0.25, 0.3) is 0 Å². The molecule has 0 radical (unpaired) electrons. The Hall–Kier alpha value is -0.940. The zero-order valence-corrected chi connectivity index (χ0v) is 6.91. The molecule has 2 N–H and O–H groups in total. The van der Waals surface area contributed by atoms with Crippen molar-refractivity contribution in [3.63, 3.8) is 0 Å². The molecule has 0 saturated heterocycles. The maximum absolute atomic E-state index is 12.4. The van der Waals surface area contributed by atoms with Crippen LogP contribution >= 0.6 is 0 Å². The normalized spacial score (nSPS) is 25.0. The second kappa shape index (κ2) is 2.52. The van der Waals surface area contributed by atoms with Gasteiger partial charge in [0.1, 0.15) is 5.54 Å². The highest BCUT2D eigenvalue weighted by Crippen LogP contribution is 2.48. The van der Waals surface area contributed by atoms with Crippen molar-refractivity contribution in [2.24, 2.45) is 4.99 Å². The Balaban J connectivity index is 2.01. The molecular formula is C7H10F3N3. The van der Waals surface area contributed by atoms with E-state index in [0.29, 0.717) is 13.1 Å². The number of nitrogens with one attached hydrogen (secondary N) is 2. The first kappa shape index (κ1) is 8.65. The molecule has 0 atom stereocenters. The van der Waals surface area contributed by atoms with Crippen molar-refractivity contribution in [1.82, 2.24) is 10.6 Å². The van der Waals surface area contributed by atoms with Gasteiger partial charge in [-0.3, -0.25) is 4.99 Å². The van der Waals surface area contributed by atoms with E-state index in [2.05, 4.69) is 15.6 Å². The molecule has 3 nitrogen and oxygen atoms in total. The molecular weight excluding hydrogens is 183 g/mol. The van der Waals surface area contributed by atoms with Gasteiger partial charge in [-0.1, -0.05) is 0 Å². The number of halogens is 3. The summed E-state index contributed by atoms with van der Waals surface area (Å²) < 4.78 is 37.2. The molecule has 2 rings (SSSR count). The molecule has 0 unspecified atom stereocenters. The third-order valence-corrected chi connectivity index (χ3v) is 2.32. The lowest BCUT2D eigenvalue weighted by atomic mass is 10.2. The number of rotatable bonds is 1. The maximum Gasteiger partial charge on any atom is 0.411 e. The van der Waals surface area contributed by atoms with E-state index < -0.39 is 11.7 Å². The minimum Gasteiger partial charge on any atom is -0.355 e. The zero-order valence-electron chi connectivity index (χ0n) is 6.91. The van der Waals surface area contributed by atoms with E-state index in [9.17, 15) is 13.2 Å². The summed E-state index contributed by atoms with van der Waals surface area (Å²) in [6.07, 6.45) is -3.87. The Morgan fingerprint density at radius 3 is 2.46 bits per heavy atom. The van der Waals surface area contributed by atoms with Gasteiger partial charge in [-0.25, -0.2) is 0 Å². The highest BCUT2D eigenvalue weighted by atomic mass is 19.4. The van der Waals surface area contributed by atoms with Gasteiger partial charge in [0.2, 0.25) is 0 Å². The topological polar surface area (TPSA) is 36.4 Å². The van der Waals surface area contributed by atoms with Crippen molar-refractivity contribution < 1.29 is 13.2 Å². The van der Waals surface area contributed by atoms with Crippen LogP contribution in [0.3, 0.4) is 0 Å². The second-order valence-corrected chi connectivity index (χ2v) is 3.36. The van der Waals surface area contributed by atoms with Crippen molar-refractivity contribution in [1.29, 1.82) is 0 Å². The molecule has 0 bridgehead atoms. The lowest BCUT2D eigenvalue weighted by Crippen LogP contribution is -2.51. The summed E-state index contributed by atoms with van der Waals surface area (Å²) in [7, 11) is 0. The van der Waals surface area contributed by atoms with Gasteiger partial charge >= 0.3 is 6.18 Å². The van der Waals surface area contributed by atoms with Gasteiger partial charge in [0, 0.05) is 6.54 Å². The molecule has 0 aromatic carbocycles. The molecule has 1 saturated carbocycles. The van der Waals surface area contributed by atoms with Gasteiger partial charge < -0.3 is 10.6 Å². The van der Waals surface area contributed by atoms with Gasteiger partial charge in [0.15, 0.2) is 5.96 Å². The number of aliphatic imine (C=N–C) groups is 1. The van der Waals surface area contributed by atoms with Crippen LogP contribution < -0.4 is 10.6 Å². The first-order valence-corrected chi connectivity index (χ1v) is 4.17. The third kappa shape index (κ3) is 1.45. The maximum atomic E-state index is 12.4. The van der Waals surface area contributed by atoms with Crippen molar-refractivity contribution >= 4 is 5.96 Å². The number of nitrogens with zero attached hydrogens (tertiary/aromatic N) is 1. The monoisotopic (exact) mass is 193 g/mol. The number of hydrogen-bond acceptors (Lipinski definition) is 3. The van der Waals surface area contributed by atoms with Crippen LogP contribution in [0.1, 0.15) is 12.8 Å². The zero-order chi connectivity index (χ0) is 9.53. The van der Waals surface area contributed by atoms with E-state index in [1.807, 2.05) is 0 Å². The molecule has 1 aliphatic heterocycles. The molecule has 0 aromatic heterocycles. The van der Waals surface area contributed by atoms with E-state index in [1.54, 1.807) is 0 Å². The van der Waals surface area contributed by atoms with Crippen LogP contribution in [-0.2, 0) is 0 Å². The van der Waals surface area contributed by atoms with Crippen molar-refractivity contribution in [3.05, 3.63) is 0 Å². The molecule has 2 aliphatic rings. The summed E-state index contributed by atoms with van der Waals surface area (Å²) in [5.74, 6) is 0.287. The van der Waals surface area contributed by atoms with Gasteiger partial charge in [-0.15, -0.1) is 0 Å². The van der Waals surface area contributed by atoms with Crippen molar-refractivity contribution in [2.75, 3.05) is 13.1 Å². The Labute approximate surface area is 73.4 Å². The lowest BCUT2D eigenvalue weighted by molar-refractivity contribution is -0.161. The molecule has 1 fully saturated rings. The predicted molar refractivity (Wildman–Crippen MR) is 41.5 cm³/mol. The molecule has 1 heterocycles. The molecule has 0 amide bonds. The number of alkyl halides is 3. The Morgan fingerprint density at radius 1 is 1.38 bits per heavy atom. The van der Waals surface area contributed by atoms with Gasteiger partial charge in [-0.2, -0.15) is 13.2 Å². The minimum absolute atomic E-state index is 0.150. The van der Waals surface area contributed by atoms with Crippen LogP contribution in [-0.4, -0.2) is 30.8 Å². The van der Waals surface area contributed by atoms with Crippen LogP contribution in [0.2, 0.25) is 0 Å². The predicted octanol–water partition coefficient (Wildman–Crippen LogP) is 0.630. The van der Waals surface area contributed by atoms with E-state index >= 15 is 0 Å². The molecule has 0 aromatic rings. The van der Waals surface area contributed by atoms with Crippen molar-refractivity contribution in [2.45, 2.75) is 24.6 Å². The molecule has 1 aliphatic carbocycles. The first-order valence-electron chi connectivity index (χ1n) is 4.17. The highest BCUT2D eigenvalue weighted by Gasteiger charge is 2.64. The van der Waals surface area contributed by atoms with Gasteiger partial charge in [0.05, 0.1) is 6.54 Å². The largest absolute Gasteiger partial charge is 0.411 e. The fourth-order valence-electron chi connectivity index (χ4n) is 1.31. The quantitative estimate of drug-likeness (QED) is 0.640. The summed E-state index contributed by atoms with van der Waals surface area (Å²) in [5.41, 5.74) is -1.69. The lowest BCUT2D eigenvalue weighted by Gasteiger charge is -2.21. The van der Waals surface area contributed by atoms with Crippen LogP contribution in [0.15, 0.2) is 4.99 Å². The van der Waals surface area contributed by atoms with Crippen LogP contribution in [0.4, 0.5) is 13.2 Å². The Kier molecular flexibility index (Phi) is 1.68. The molecule has 0 spiro atoms. The number of guanidine groups is 1. The van der Waals surface area contributed by atoms with Crippen LogP contribution in [0.5, 0.6) is 0 Å². The Morgan fingerprint density at radius 2 is 2.08 bits per heavy atom. The Bertz CT molecular complexity index is 242. The summed E-state index contributed by atoms with van der Waals surface area (Å²) in [6.45, 7) is 1.17. The number of hydrogen-bond donors (Lipinski definition) is 2. The summed E-state index contributed by atoms with van der Waals surface area (Å²) in [6, 6.07) is 0. The van der Waals surface area contributed by atoms with E-state index in [4.69, 9.17) is 0 Å². The van der Waals surface area contributed by atoms with Gasteiger partial charge in [-0.05, 0) is 12.8 Å². The molecule has 6 heteroatoms. The first-order chi connectivity index (χ1) is 6.04.